The molecular formula is C27H23N5O2S. The Balaban J connectivity index is 1.48. The molecule has 2 aromatic heterocycles. The van der Waals surface area contributed by atoms with E-state index in [1.54, 1.807) is 48.7 Å². The first-order chi connectivity index (χ1) is 16.9. The van der Waals surface area contributed by atoms with Crippen molar-refractivity contribution in [3.63, 3.8) is 0 Å². The lowest BCUT2D eigenvalue weighted by Crippen LogP contribution is -2.11. The van der Waals surface area contributed by atoms with Gasteiger partial charge in [-0.25, -0.2) is 22.4 Å². The highest BCUT2D eigenvalue weighted by molar-refractivity contribution is 7.90. The molecule has 0 spiro atoms. The summed E-state index contributed by atoms with van der Waals surface area (Å²) in [6.07, 6.45) is 3.10. The van der Waals surface area contributed by atoms with Gasteiger partial charge in [-0.15, -0.1) is 0 Å². The molecule has 7 nitrogen and oxygen atoms in total. The van der Waals surface area contributed by atoms with E-state index in [9.17, 15) is 8.42 Å². The number of rotatable bonds is 5. The van der Waals surface area contributed by atoms with E-state index < -0.39 is 10.0 Å². The van der Waals surface area contributed by atoms with Crippen LogP contribution in [0.3, 0.4) is 0 Å². The third kappa shape index (κ3) is 4.60. The topological polar surface area (TPSA) is 80.1 Å². The minimum Gasteiger partial charge on any atom is -0.340 e. The van der Waals surface area contributed by atoms with Gasteiger partial charge in [0.2, 0.25) is 0 Å². The average Bonchev–Trinajstić information content (AvgIpc) is 3.29. The van der Waals surface area contributed by atoms with Crippen LogP contribution in [-0.4, -0.2) is 47.9 Å². The van der Waals surface area contributed by atoms with E-state index >= 15 is 0 Å². The first-order valence-corrected chi connectivity index (χ1v) is 12.4. The number of fused-ring (bicyclic) bond motifs is 2. The summed E-state index contributed by atoms with van der Waals surface area (Å²) in [5, 5.41) is 5.00. The third-order valence-corrected chi connectivity index (χ3v) is 7.18. The molecule has 174 valence electrons. The van der Waals surface area contributed by atoms with Crippen LogP contribution >= 0.6 is 0 Å². The molecule has 0 bridgehead atoms. The summed E-state index contributed by atoms with van der Waals surface area (Å²) < 4.78 is 27.5. The van der Waals surface area contributed by atoms with Crippen LogP contribution in [-0.2, 0) is 10.0 Å². The summed E-state index contributed by atoms with van der Waals surface area (Å²) in [6, 6.07) is 21.6. The van der Waals surface area contributed by atoms with Gasteiger partial charge in [-0.2, -0.15) is 0 Å². The Kier molecular flexibility index (Phi) is 5.95. The Morgan fingerprint density at radius 1 is 0.971 bits per heavy atom. The van der Waals surface area contributed by atoms with Crippen molar-refractivity contribution in [2.45, 2.75) is 4.90 Å². The van der Waals surface area contributed by atoms with Gasteiger partial charge in [0, 0.05) is 28.2 Å². The summed E-state index contributed by atoms with van der Waals surface area (Å²) in [6.45, 7) is 0.675. The van der Waals surface area contributed by atoms with Crippen LogP contribution < -0.4 is 5.32 Å². The molecule has 8 heteroatoms. The second-order valence-corrected chi connectivity index (χ2v) is 10.1. The molecule has 35 heavy (non-hydrogen) atoms. The number of hydrogen-bond acceptors (Lipinski definition) is 6. The van der Waals surface area contributed by atoms with Gasteiger partial charge < -0.3 is 5.32 Å². The highest BCUT2D eigenvalue weighted by Crippen LogP contribution is 2.28. The number of hydrogen-bond donors (Lipinski definition) is 1. The molecule has 5 aromatic rings. The van der Waals surface area contributed by atoms with E-state index in [0.717, 1.165) is 27.5 Å². The molecule has 0 aliphatic carbocycles. The second kappa shape index (κ2) is 9.22. The molecule has 0 unspecified atom stereocenters. The summed E-state index contributed by atoms with van der Waals surface area (Å²) in [4.78, 5) is 11.1. The molecule has 3 aromatic carbocycles. The number of aromatic nitrogens is 3. The quantitative estimate of drug-likeness (QED) is 0.373. The van der Waals surface area contributed by atoms with Crippen LogP contribution in [0.25, 0.3) is 21.8 Å². The molecule has 0 fully saturated rings. The lowest BCUT2D eigenvalue weighted by molar-refractivity contribution is 0.464. The van der Waals surface area contributed by atoms with Gasteiger partial charge in [0.1, 0.15) is 12.1 Å². The monoisotopic (exact) mass is 481 g/mol. The molecule has 0 amide bonds. The van der Waals surface area contributed by atoms with Crippen molar-refractivity contribution in [1.82, 2.24) is 18.8 Å². The zero-order valence-corrected chi connectivity index (χ0v) is 20.1. The maximum atomic E-state index is 13.1. The van der Waals surface area contributed by atoms with E-state index in [-0.39, 0.29) is 4.90 Å². The van der Waals surface area contributed by atoms with Crippen molar-refractivity contribution in [2.75, 3.05) is 26.0 Å². The Hall–Kier alpha value is -4.19. The highest BCUT2D eigenvalue weighted by Gasteiger charge is 2.18. The minimum absolute atomic E-state index is 0.247. The number of benzene rings is 3. The maximum Gasteiger partial charge on any atom is 0.268 e. The number of anilines is 2. The fraction of sp³-hybridized carbons (Fsp3) is 0.111. The molecule has 0 saturated heterocycles. The fourth-order valence-electron chi connectivity index (χ4n) is 3.78. The van der Waals surface area contributed by atoms with Crippen molar-refractivity contribution in [3.05, 3.63) is 90.9 Å². The predicted octanol–water partition coefficient (Wildman–Crippen LogP) is 4.48. The molecule has 0 aliphatic rings. The lowest BCUT2D eigenvalue weighted by atomic mass is 10.1. The van der Waals surface area contributed by atoms with Crippen LogP contribution in [0.1, 0.15) is 5.56 Å². The Labute approximate surface area is 204 Å². The molecular weight excluding hydrogens is 458 g/mol. The van der Waals surface area contributed by atoms with Gasteiger partial charge in [-0.05, 0) is 68.7 Å². The van der Waals surface area contributed by atoms with Gasteiger partial charge in [-0.3, -0.25) is 4.90 Å². The van der Waals surface area contributed by atoms with E-state index in [1.165, 1.54) is 10.3 Å². The van der Waals surface area contributed by atoms with E-state index in [2.05, 4.69) is 27.1 Å². The van der Waals surface area contributed by atoms with Gasteiger partial charge in [-0.1, -0.05) is 30.0 Å². The van der Waals surface area contributed by atoms with Crippen LogP contribution in [0, 0.1) is 11.8 Å². The van der Waals surface area contributed by atoms with Gasteiger partial charge in [0.25, 0.3) is 10.0 Å². The number of nitrogens with zero attached hydrogens (tertiary/aromatic N) is 4. The van der Waals surface area contributed by atoms with E-state index in [4.69, 9.17) is 0 Å². The highest BCUT2D eigenvalue weighted by atomic mass is 32.2. The average molecular weight is 482 g/mol. The van der Waals surface area contributed by atoms with Crippen molar-refractivity contribution in [1.29, 1.82) is 0 Å². The normalized spacial score (nSPS) is 11.5. The summed E-state index contributed by atoms with van der Waals surface area (Å²) >= 11 is 0. The SMILES string of the molecule is CN(C)CC#Cc1ccc2ncnc(Nc3ccc4c(ccn4S(=O)(=O)c4ccccc4)c3)c2c1. The predicted molar refractivity (Wildman–Crippen MR) is 139 cm³/mol. The molecule has 0 saturated carbocycles. The Morgan fingerprint density at radius 2 is 1.80 bits per heavy atom. The van der Waals surface area contributed by atoms with Gasteiger partial charge in [0.05, 0.1) is 22.5 Å². The Morgan fingerprint density at radius 3 is 2.60 bits per heavy atom. The first kappa shape index (κ1) is 22.6. The molecule has 5 rings (SSSR count). The van der Waals surface area contributed by atoms with Crippen molar-refractivity contribution in [3.8, 4) is 11.8 Å². The zero-order valence-electron chi connectivity index (χ0n) is 19.3. The van der Waals surface area contributed by atoms with Crippen LogP contribution in [0.4, 0.5) is 11.5 Å². The Bertz CT molecular complexity index is 1700. The van der Waals surface area contributed by atoms with Crippen molar-refractivity contribution in [2.24, 2.45) is 0 Å². The van der Waals surface area contributed by atoms with Gasteiger partial charge >= 0.3 is 0 Å². The molecule has 2 heterocycles. The standard InChI is InChI=1S/C27H23N5O2S/c1-31(2)15-6-7-20-10-12-25-24(17-20)27(29-19-28-25)30-22-11-13-26-21(18-22)14-16-32(26)35(33,34)23-8-4-3-5-9-23/h3-5,8-14,16-19H,15H2,1-2H3,(H,28,29,30). The van der Waals surface area contributed by atoms with Gasteiger partial charge in [0.15, 0.2) is 0 Å². The molecule has 1 N–H and O–H groups in total. The van der Waals surface area contributed by atoms with Crippen LogP contribution in [0.5, 0.6) is 0 Å². The first-order valence-electron chi connectivity index (χ1n) is 11.0. The summed E-state index contributed by atoms with van der Waals surface area (Å²) in [5.74, 6) is 6.98. The fourth-order valence-corrected chi connectivity index (χ4v) is 5.16. The number of nitrogens with one attached hydrogen (secondary N) is 1. The zero-order chi connectivity index (χ0) is 24.4. The third-order valence-electron chi connectivity index (χ3n) is 5.48. The van der Waals surface area contributed by atoms with Crippen molar-refractivity contribution < 1.29 is 8.42 Å². The molecule has 0 atom stereocenters. The smallest absolute Gasteiger partial charge is 0.268 e. The van der Waals surface area contributed by atoms with Crippen molar-refractivity contribution >= 4 is 43.3 Å². The van der Waals surface area contributed by atoms with E-state index in [0.29, 0.717) is 17.9 Å². The van der Waals surface area contributed by atoms with Crippen LogP contribution in [0.15, 0.2) is 90.2 Å². The molecule has 0 aliphatic heterocycles. The van der Waals surface area contributed by atoms with Crippen LogP contribution in [0.2, 0.25) is 0 Å². The van der Waals surface area contributed by atoms with E-state index in [1.807, 2.05) is 49.3 Å². The maximum absolute atomic E-state index is 13.1. The molecule has 0 radical (unpaired) electrons. The largest absolute Gasteiger partial charge is 0.340 e. The summed E-state index contributed by atoms with van der Waals surface area (Å²) in [5.41, 5.74) is 3.08. The second-order valence-electron chi connectivity index (χ2n) is 8.32. The minimum atomic E-state index is -3.68. The lowest BCUT2D eigenvalue weighted by Gasteiger charge is -2.10. The summed E-state index contributed by atoms with van der Waals surface area (Å²) in [7, 11) is 0.277.